The van der Waals surface area contributed by atoms with Crippen LogP contribution in [0, 0.1) is 5.82 Å². The topological polar surface area (TPSA) is 51.2 Å². The van der Waals surface area contributed by atoms with Crippen LogP contribution in [0.15, 0.2) is 57.9 Å². The Bertz CT molecular complexity index is 840. The van der Waals surface area contributed by atoms with Gasteiger partial charge in [-0.15, -0.1) is 0 Å². The van der Waals surface area contributed by atoms with E-state index in [4.69, 9.17) is 0 Å². The molecule has 0 heterocycles. The van der Waals surface area contributed by atoms with Crippen molar-refractivity contribution in [3.63, 3.8) is 0 Å². The molecule has 0 aliphatic heterocycles. The van der Waals surface area contributed by atoms with E-state index in [1.54, 1.807) is 12.1 Å². The van der Waals surface area contributed by atoms with Crippen LogP contribution in [-0.2, 0) is 9.84 Å². The highest BCUT2D eigenvalue weighted by Gasteiger charge is 2.08. The summed E-state index contributed by atoms with van der Waals surface area (Å²) < 4.78 is 36.9. The number of ketones is 1. The van der Waals surface area contributed by atoms with Crippen LogP contribution in [0.2, 0.25) is 0 Å². The monoisotopic (exact) mass is 382 g/mol. The normalized spacial score (nSPS) is 11.8. The summed E-state index contributed by atoms with van der Waals surface area (Å²) in [5.74, 6) is -0.770. The molecule has 0 unspecified atom stereocenters. The Labute approximate surface area is 136 Å². The minimum Gasteiger partial charge on any atom is -0.289 e. The predicted octanol–water partition coefficient (Wildman–Crippen LogP) is 3.89. The van der Waals surface area contributed by atoms with E-state index in [1.807, 2.05) is 0 Å². The zero-order valence-electron chi connectivity index (χ0n) is 11.6. The molecule has 2 aromatic carbocycles. The first-order chi connectivity index (χ1) is 10.3. The van der Waals surface area contributed by atoms with Gasteiger partial charge < -0.3 is 0 Å². The third-order valence-electron chi connectivity index (χ3n) is 2.94. The molecule has 0 fully saturated rings. The molecule has 2 rings (SSSR count). The summed E-state index contributed by atoms with van der Waals surface area (Å²) in [4.78, 5) is 12.1. The zero-order chi connectivity index (χ0) is 16.3. The van der Waals surface area contributed by atoms with Crippen molar-refractivity contribution in [1.29, 1.82) is 0 Å². The maximum atomic E-state index is 13.6. The SMILES string of the molecule is CS(=O)(=O)c1ccc(C(=O)/C=C/c2ccc(Br)cc2F)cc1. The maximum absolute atomic E-state index is 13.6. The summed E-state index contributed by atoms with van der Waals surface area (Å²) in [7, 11) is -3.29. The largest absolute Gasteiger partial charge is 0.289 e. The van der Waals surface area contributed by atoms with Gasteiger partial charge in [-0.05, 0) is 48.6 Å². The number of rotatable bonds is 4. The Kier molecular flexibility index (Phi) is 4.93. The quantitative estimate of drug-likeness (QED) is 0.595. The van der Waals surface area contributed by atoms with Gasteiger partial charge in [0.1, 0.15) is 5.82 Å². The lowest BCUT2D eigenvalue weighted by Crippen LogP contribution is -1.99. The van der Waals surface area contributed by atoms with E-state index < -0.39 is 15.7 Å². The Balaban J connectivity index is 2.20. The molecule has 0 bridgehead atoms. The Hall–Kier alpha value is -1.79. The van der Waals surface area contributed by atoms with Gasteiger partial charge in [0.25, 0.3) is 0 Å². The van der Waals surface area contributed by atoms with Crippen molar-refractivity contribution in [1.82, 2.24) is 0 Å². The Morgan fingerprint density at radius 2 is 1.77 bits per heavy atom. The highest BCUT2D eigenvalue weighted by atomic mass is 79.9. The van der Waals surface area contributed by atoms with Gasteiger partial charge in [0.15, 0.2) is 15.6 Å². The van der Waals surface area contributed by atoms with E-state index in [-0.39, 0.29) is 10.7 Å². The van der Waals surface area contributed by atoms with Gasteiger partial charge in [0.2, 0.25) is 0 Å². The van der Waals surface area contributed by atoms with Gasteiger partial charge in [-0.2, -0.15) is 0 Å². The molecule has 2 aromatic rings. The first-order valence-corrected chi connectivity index (χ1v) is 8.93. The first kappa shape index (κ1) is 16.6. The highest BCUT2D eigenvalue weighted by Crippen LogP contribution is 2.17. The molecule has 0 aromatic heterocycles. The fraction of sp³-hybridized carbons (Fsp3) is 0.0625. The number of hydrogen-bond donors (Lipinski definition) is 0. The molecule has 3 nitrogen and oxygen atoms in total. The van der Waals surface area contributed by atoms with E-state index in [9.17, 15) is 17.6 Å². The van der Waals surface area contributed by atoms with Crippen LogP contribution in [0.1, 0.15) is 15.9 Å². The van der Waals surface area contributed by atoms with Gasteiger partial charge in [-0.25, -0.2) is 12.8 Å². The Morgan fingerprint density at radius 1 is 1.14 bits per heavy atom. The molecule has 0 saturated carbocycles. The molecule has 0 radical (unpaired) electrons. The van der Waals surface area contributed by atoms with Crippen LogP contribution in [-0.4, -0.2) is 20.5 Å². The van der Waals surface area contributed by atoms with Crippen molar-refractivity contribution < 1.29 is 17.6 Å². The summed E-state index contributed by atoms with van der Waals surface area (Å²) in [5.41, 5.74) is 0.630. The highest BCUT2D eigenvalue weighted by molar-refractivity contribution is 9.10. The molecule has 0 saturated heterocycles. The second-order valence-corrected chi connectivity index (χ2v) is 7.59. The lowest BCUT2D eigenvalue weighted by Gasteiger charge is -2.00. The standard InChI is InChI=1S/C16H12BrFO3S/c1-22(20,21)14-7-3-12(4-8-14)16(19)9-5-11-2-6-13(17)10-15(11)18/h2-10H,1H3/b9-5+. The summed E-state index contributed by atoms with van der Waals surface area (Å²) in [5, 5.41) is 0. The fourth-order valence-electron chi connectivity index (χ4n) is 1.76. The van der Waals surface area contributed by atoms with Crippen molar-refractivity contribution in [2.75, 3.05) is 6.26 Å². The van der Waals surface area contributed by atoms with Gasteiger partial charge in [-0.1, -0.05) is 22.0 Å². The zero-order valence-corrected chi connectivity index (χ0v) is 14.0. The number of halogens is 2. The van der Waals surface area contributed by atoms with Gasteiger partial charge in [0, 0.05) is 21.9 Å². The lowest BCUT2D eigenvalue weighted by molar-refractivity contribution is 0.104. The van der Waals surface area contributed by atoms with E-state index in [2.05, 4.69) is 15.9 Å². The average molecular weight is 383 g/mol. The number of carbonyl (C=O) groups excluding carboxylic acids is 1. The third-order valence-corrected chi connectivity index (χ3v) is 4.57. The lowest BCUT2D eigenvalue weighted by atomic mass is 10.1. The van der Waals surface area contributed by atoms with Gasteiger partial charge in [-0.3, -0.25) is 4.79 Å². The van der Waals surface area contributed by atoms with Crippen LogP contribution >= 0.6 is 15.9 Å². The molecule has 0 N–H and O–H groups in total. The second kappa shape index (κ2) is 6.54. The number of allylic oxidation sites excluding steroid dienone is 1. The molecule has 0 aliphatic rings. The van der Waals surface area contributed by atoms with Gasteiger partial charge >= 0.3 is 0 Å². The first-order valence-electron chi connectivity index (χ1n) is 6.25. The summed E-state index contributed by atoms with van der Waals surface area (Å²) in [6.45, 7) is 0. The molecular weight excluding hydrogens is 371 g/mol. The van der Waals surface area contributed by atoms with Crippen molar-refractivity contribution in [3.05, 3.63) is 70.0 Å². The minimum atomic E-state index is -3.29. The van der Waals surface area contributed by atoms with E-state index in [0.29, 0.717) is 15.6 Å². The van der Waals surface area contributed by atoms with Crippen LogP contribution < -0.4 is 0 Å². The molecule has 6 heteroatoms. The second-order valence-electron chi connectivity index (χ2n) is 4.66. The van der Waals surface area contributed by atoms with Crippen molar-refractivity contribution in [2.24, 2.45) is 0 Å². The molecule has 0 amide bonds. The van der Waals surface area contributed by atoms with Crippen molar-refractivity contribution in [3.8, 4) is 0 Å². The van der Waals surface area contributed by atoms with E-state index >= 15 is 0 Å². The minimum absolute atomic E-state index is 0.145. The smallest absolute Gasteiger partial charge is 0.185 e. The molecule has 22 heavy (non-hydrogen) atoms. The molecule has 114 valence electrons. The third kappa shape index (κ3) is 4.11. The number of carbonyl (C=O) groups is 1. The van der Waals surface area contributed by atoms with Crippen LogP contribution in [0.4, 0.5) is 4.39 Å². The number of hydrogen-bond acceptors (Lipinski definition) is 3. The van der Waals surface area contributed by atoms with Crippen molar-refractivity contribution >= 4 is 37.6 Å². The molecule has 0 atom stereocenters. The average Bonchev–Trinajstić information content (AvgIpc) is 2.45. The van der Waals surface area contributed by atoms with Crippen LogP contribution in [0.5, 0.6) is 0 Å². The fourth-order valence-corrected chi connectivity index (χ4v) is 2.73. The van der Waals surface area contributed by atoms with E-state index in [1.165, 1.54) is 42.5 Å². The summed E-state index contributed by atoms with van der Waals surface area (Å²) in [6.07, 6.45) is 3.73. The number of sulfone groups is 1. The molecular formula is C16H12BrFO3S. The summed E-state index contributed by atoms with van der Waals surface area (Å²) in [6, 6.07) is 10.1. The molecule has 0 spiro atoms. The van der Waals surface area contributed by atoms with E-state index in [0.717, 1.165) is 6.26 Å². The predicted molar refractivity (Wildman–Crippen MR) is 87.0 cm³/mol. The number of benzene rings is 2. The Morgan fingerprint density at radius 3 is 2.32 bits per heavy atom. The maximum Gasteiger partial charge on any atom is 0.185 e. The van der Waals surface area contributed by atoms with Crippen LogP contribution in [0.25, 0.3) is 6.08 Å². The van der Waals surface area contributed by atoms with Crippen molar-refractivity contribution in [2.45, 2.75) is 4.90 Å². The van der Waals surface area contributed by atoms with Gasteiger partial charge in [0.05, 0.1) is 4.90 Å². The summed E-state index contributed by atoms with van der Waals surface area (Å²) >= 11 is 3.16. The van der Waals surface area contributed by atoms with Crippen LogP contribution in [0.3, 0.4) is 0 Å². The molecule has 0 aliphatic carbocycles.